The van der Waals surface area contributed by atoms with Gasteiger partial charge in [-0.25, -0.2) is 9.78 Å². The summed E-state index contributed by atoms with van der Waals surface area (Å²) in [6.07, 6.45) is 4.58. The fourth-order valence-corrected chi connectivity index (χ4v) is 4.61. The van der Waals surface area contributed by atoms with Crippen LogP contribution in [-0.2, 0) is 11.3 Å². The van der Waals surface area contributed by atoms with Gasteiger partial charge in [0.1, 0.15) is 16.4 Å². The van der Waals surface area contributed by atoms with Crippen molar-refractivity contribution in [2.45, 2.75) is 30.0 Å². The molecule has 4 rings (SSSR count). The Labute approximate surface area is 180 Å². The summed E-state index contributed by atoms with van der Waals surface area (Å²) in [6, 6.07) is 11.3. The fourth-order valence-electron chi connectivity index (χ4n) is 4.07. The smallest absolute Gasteiger partial charge is 0.410 e. The van der Waals surface area contributed by atoms with Crippen LogP contribution in [0.1, 0.15) is 28.8 Å². The molecule has 8 heteroatoms. The average Bonchev–Trinajstić information content (AvgIpc) is 3.08. The lowest BCUT2D eigenvalue weighted by atomic mass is 9.91. The van der Waals surface area contributed by atoms with E-state index in [0.717, 1.165) is 16.3 Å². The fraction of sp³-hybridized carbons (Fsp3) is 0.409. The van der Waals surface area contributed by atoms with Gasteiger partial charge in [-0.2, -0.15) is 0 Å². The molecule has 2 aromatic rings. The van der Waals surface area contributed by atoms with Gasteiger partial charge in [0.2, 0.25) is 0 Å². The summed E-state index contributed by atoms with van der Waals surface area (Å²) in [7, 11) is 1.63. The molecular formula is C22H25N3O4S. The quantitative estimate of drug-likeness (QED) is 0.681. The molecule has 158 valence electrons. The maximum Gasteiger partial charge on any atom is 0.410 e. The summed E-state index contributed by atoms with van der Waals surface area (Å²) in [5.41, 5.74) is 1.10. The van der Waals surface area contributed by atoms with E-state index in [1.165, 1.54) is 11.8 Å². The highest BCUT2D eigenvalue weighted by molar-refractivity contribution is 7.98. The van der Waals surface area contributed by atoms with Gasteiger partial charge in [0.15, 0.2) is 0 Å². The number of carbonyl (C=O) groups excluding carboxylic acids is 2. The lowest BCUT2D eigenvalue weighted by molar-refractivity contribution is 0.00301. The van der Waals surface area contributed by atoms with E-state index in [1.54, 1.807) is 24.3 Å². The Morgan fingerprint density at radius 2 is 2.07 bits per heavy atom. The molecule has 1 aromatic carbocycles. The van der Waals surface area contributed by atoms with Gasteiger partial charge in [0.05, 0.1) is 19.2 Å². The molecule has 1 spiro atoms. The van der Waals surface area contributed by atoms with E-state index in [-0.39, 0.29) is 12.0 Å². The molecule has 30 heavy (non-hydrogen) atoms. The largest absolute Gasteiger partial charge is 0.497 e. The van der Waals surface area contributed by atoms with Crippen molar-refractivity contribution < 1.29 is 19.1 Å². The van der Waals surface area contributed by atoms with Crippen molar-refractivity contribution in [1.29, 1.82) is 0 Å². The van der Waals surface area contributed by atoms with Crippen LogP contribution in [0.5, 0.6) is 5.75 Å². The minimum Gasteiger partial charge on any atom is -0.497 e. The molecule has 0 bridgehead atoms. The number of benzene rings is 1. The number of hydrogen-bond donors (Lipinski definition) is 0. The molecule has 7 nitrogen and oxygen atoms in total. The number of pyridine rings is 1. The van der Waals surface area contributed by atoms with Gasteiger partial charge < -0.3 is 14.4 Å². The molecule has 2 saturated heterocycles. The number of aromatic nitrogens is 1. The van der Waals surface area contributed by atoms with Crippen LogP contribution in [0.25, 0.3) is 0 Å². The van der Waals surface area contributed by atoms with Crippen LogP contribution in [0.15, 0.2) is 47.6 Å². The highest BCUT2D eigenvalue weighted by Gasteiger charge is 2.47. The normalized spacial score (nSPS) is 17.9. The monoisotopic (exact) mass is 427 g/mol. The van der Waals surface area contributed by atoms with Crippen LogP contribution < -0.4 is 4.74 Å². The van der Waals surface area contributed by atoms with E-state index in [1.807, 2.05) is 41.5 Å². The van der Waals surface area contributed by atoms with Gasteiger partial charge in [0, 0.05) is 38.7 Å². The maximum atomic E-state index is 13.0. The molecule has 0 saturated carbocycles. The minimum absolute atomic E-state index is 0.0140. The van der Waals surface area contributed by atoms with Gasteiger partial charge in [-0.05, 0) is 36.1 Å². The van der Waals surface area contributed by atoms with Crippen molar-refractivity contribution in [2.75, 3.05) is 33.0 Å². The van der Waals surface area contributed by atoms with E-state index >= 15 is 0 Å². The third-order valence-corrected chi connectivity index (χ3v) is 6.42. The van der Waals surface area contributed by atoms with E-state index in [0.29, 0.717) is 44.6 Å². The molecule has 3 heterocycles. The number of methoxy groups -OCH3 is 1. The summed E-state index contributed by atoms with van der Waals surface area (Å²) >= 11 is 1.47. The number of nitrogens with zero attached hydrogens (tertiary/aromatic N) is 3. The molecule has 1 aromatic heterocycles. The molecule has 2 aliphatic rings. The SMILES string of the molecule is COc1cccc(CN2CC3(CCN(C(=O)c4cccnc4SC)CC3)OC2=O)c1. The molecule has 0 aliphatic carbocycles. The van der Waals surface area contributed by atoms with Gasteiger partial charge >= 0.3 is 6.09 Å². The van der Waals surface area contributed by atoms with Crippen molar-refractivity contribution in [3.63, 3.8) is 0 Å². The van der Waals surface area contributed by atoms with Crippen molar-refractivity contribution in [1.82, 2.24) is 14.8 Å². The molecule has 0 atom stereocenters. The Kier molecular flexibility index (Phi) is 5.85. The molecule has 0 N–H and O–H groups in total. The van der Waals surface area contributed by atoms with Gasteiger partial charge in [-0.1, -0.05) is 12.1 Å². The summed E-state index contributed by atoms with van der Waals surface area (Å²) in [4.78, 5) is 33.3. The lowest BCUT2D eigenvalue weighted by Gasteiger charge is -2.37. The second kappa shape index (κ2) is 8.55. The summed E-state index contributed by atoms with van der Waals surface area (Å²) in [6.45, 7) is 2.13. The van der Waals surface area contributed by atoms with Crippen LogP contribution >= 0.6 is 11.8 Å². The van der Waals surface area contributed by atoms with Gasteiger partial charge in [-0.15, -0.1) is 11.8 Å². The standard InChI is InChI=1S/C22H25N3O4S/c1-28-17-6-3-5-16(13-17)14-25-15-22(29-21(25)27)8-11-24(12-9-22)20(26)18-7-4-10-23-19(18)30-2/h3-7,10,13H,8-9,11-12,14-15H2,1-2H3. The Bertz CT molecular complexity index is 943. The number of piperidine rings is 1. The number of carbonyl (C=O) groups is 2. The number of ether oxygens (including phenoxy) is 2. The van der Waals surface area contributed by atoms with Crippen LogP contribution in [0.3, 0.4) is 0 Å². The summed E-state index contributed by atoms with van der Waals surface area (Å²) in [5.74, 6) is 0.751. The van der Waals surface area contributed by atoms with Crippen LogP contribution in [-0.4, -0.2) is 65.4 Å². The zero-order valence-electron chi connectivity index (χ0n) is 17.2. The van der Waals surface area contributed by atoms with Crippen molar-refractivity contribution in [2.24, 2.45) is 0 Å². The first-order valence-corrected chi connectivity index (χ1v) is 11.2. The predicted octanol–water partition coefficient (Wildman–Crippen LogP) is 3.44. The Hall–Kier alpha value is -2.74. The molecule has 0 radical (unpaired) electrons. The van der Waals surface area contributed by atoms with Crippen LogP contribution in [0.2, 0.25) is 0 Å². The number of likely N-dealkylation sites (tertiary alicyclic amines) is 1. The van der Waals surface area contributed by atoms with Crippen molar-refractivity contribution in [3.8, 4) is 5.75 Å². The van der Waals surface area contributed by atoms with Crippen LogP contribution in [0.4, 0.5) is 4.79 Å². The molecule has 2 fully saturated rings. The number of thioether (sulfide) groups is 1. The summed E-state index contributed by atoms with van der Waals surface area (Å²) < 4.78 is 11.1. The van der Waals surface area contributed by atoms with E-state index < -0.39 is 5.60 Å². The van der Waals surface area contributed by atoms with Crippen LogP contribution in [0, 0.1) is 0 Å². The maximum absolute atomic E-state index is 13.0. The second-order valence-corrected chi connectivity index (χ2v) is 8.41. The number of rotatable bonds is 5. The topological polar surface area (TPSA) is 72.0 Å². The van der Waals surface area contributed by atoms with E-state index in [2.05, 4.69) is 4.98 Å². The lowest BCUT2D eigenvalue weighted by Crippen LogP contribution is -2.48. The van der Waals surface area contributed by atoms with Crippen molar-refractivity contribution >= 4 is 23.8 Å². The first-order valence-electron chi connectivity index (χ1n) is 9.93. The molecule has 0 unspecified atom stereocenters. The zero-order valence-corrected chi connectivity index (χ0v) is 18.0. The minimum atomic E-state index is -0.524. The summed E-state index contributed by atoms with van der Waals surface area (Å²) in [5, 5.41) is 0.736. The van der Waals surface area contributed by atoms with Crippen molar-refractivity contribution in [3.05, 3.63) is 53.7 Å². The zero-order chi connectivity index (χ0) is 21.1. The third kappa shape index (κ3) is 4.09. The molecule has 2 amide bonds. The number of hydrogen-bond acceptors (Lipinski definition) is 6. The highest BCUT2D eigenvalue weighted by atomic mass is 32.2. The Morgan fingerprint density at radius 1 is 1.27 bits per heavy atom. The van der Waals surface area contributed by atoms with E-state index in [4.69, 9.17) is 9.47 Å². The predicted molar refractivity (Wildman–Crippen MR) is 114 cm³/mol. The average molecular weight is 428 g/mol. The highest BCUT2D eigenvalue weighted by Crippen LogP contribution is 2.35. The second-order valence-electron chi connectivity index (χ2n) is 7.61. The van der Waals surface area contributed by atoms with Gasteiger partial charge in [0.25, 0.3) is 5.91 Å². The number of amides is 2. The first kappa shape index (κ1) is 20.5. The van der Waals surface area contributed by atoms with Gasteiger partial charge in [-0.3, -0.25) is 9.69 Å². The Morgan fingerprint density at radius 3 is 2.80 bits per heavy atom. The molecular weight excluding hydrogens is 402 g/mol. The third-order valence-electron chi connectivity index (χ3n) is 5.71. The Balaban J connectivity index is 1.39. The first-order chi connectivity index (χ1) is 14.5. The van der Waals surface area contributed by atoms with E-state index in [9.17, 15) is 9.59 Å². The molecule has 2 aliphatic heterocycles.